The van der Waals surface area contributed by atoms with Crippen LogP contribution in [0, 0.1) is 6.92 Å². The van der Waals surface area contributed by atoms with Gasteiger partial charge in [-0.25, -0.2) is 4.98 Å². The second-order valence-corrected chi connectivity index (χ2v) is 3.88. The maximum atomic E-state index is 12.0. The van der Waals surface area contributed by atoms with Gasteiger partial charge in [-0.15, -0.1) is 13.2 Å². The van der Waals surface area contributed by atoms with Gasteiger partial charge in [-0.2, -0.15) is 0 Å². The number of halogens is 4. The Labute approximate surface area is 105 Å². The van der Waals surface area contributed by atoms with E-state index in [-0.39, 0.29) is 10.9 Å². The Kier molecular flexibility index (Phi) is 3.21. The summed E-state index contributed by atoms with van der Waals surface area (Å²) in [5, 5.41) is -0.166. The van der Waals surface area contributed by atoms with Crippen molar-refractivity contribution < 1.29 is 22.3 Å². The molecule has 0 amide bonds. The molecule has 96 valence electrons. The Morgan fingerprint density at radius 1 is 1.33 bits per heavy atom. The zero-order valence-electron chi connectivity index (χ0n) is 9.08. The van der Waals surface area contributed by atoms with Gasteiger partial charge in [-0.1, -0.05) is 11.6 Å². The number of hydrogen-bond donors (Lipinski definition) is 0. The largest absolute Gasteiger partial charge is 0.573 e. The summed E-state index contributed by atoms with van der Waals surface area (Å²) < 4.78 is 45.1. The number of oxazole rings is 1. The van der Waals surface area contributed by atoms with Gasteiger partial charge in [0.25, 0.3) is 0 Å². The minimum absolute atomic E-state index is 0.166. The maximum Gasteiger partial charge on any atom is 0.573 e. The molecule has 0 unspecified atom stereocenters. The SMILES string of the molecule is Cc1cnc(-c2ccc(OC(F)(F)F)c(Cl)c2)o1. The van der Waals surface area contributed by atoms with Crippen LogP contribution in [-0.2, 0) is 0 Å². The smallest absolute Gasteiger partial charge is 0.441 e. The van der Waals surface area contributed by atoms with Gasteiger partial charge >= 0.3 is 6.36 Å². The summed E-state index contributed by atoms with van der Waals surface area (Å²) in [6, 6.07) is 3.80. The van der Waals surface area contributed by atoms with Crippen molar-refractivity contribution in [1.82, 2.24) is 4.98 Å². The molecule has 0 fully saturated rings. The average molecular weight is 278 g/mol. The van der Waals surface area contributed by atoms with Crippen LogP contribution in [0.3, 0.4) is 0 Å². The third-order valence-electron chi connectivity index (χ3n) is 2.03. The summed E-state index contributed by atoms with van der Waals surface area (Å²) >= 11 is 5.70. The zero-order valence-corrected chi connectivity index (χ0v) is 9.84. The first-order chi connectivity index (χ1) is 8.35. The van der Waals surface area contributed by atoms with Gasteiger partial charge in [0, 0.05) is 5.56 Å². The summed E-state index contributed by atoms with van der Waals surface area (Å²) in [7, 11) is 0. The number of ether oxygens (including phenoxy) is 1. The topological polar surface area (TPSA) is 35.3 Å². The van der Waals surface area contributed by atoms with E-state index in [1.54, 1.807) is 6.92 Å². The van der Waals surface area contributed by atoms with E-state index >= 15 is 0 Å². The Hall–Kier alpha value is -1.69. The molecule has 0 aliphatic rings. The van der Waals surface area contributed by atoms with Crippen LogP contribution >= 0.6 is 11.6 Å². The van der Waals surface area contributed by atoms with Crippen LogP contribution in [-0.4, -0.2) is 11.3 Å². The highest BCUT2D eigenvalue weighted by atomic mass is 35.5. The summed E-state index contributed by atoms with van der Waals surface area (Å²) in [5.74, 6) is 0.417. The second-order valence-electron chi connectivity index (χ2n) is 3.47. The Morgan fingerprint density at radius 2 is 2.06 bits per heavy atom. The van der Waals surface area contributed by atoms with Gasteiger partial charge < -0.3 is 9.15 Å². The molecule has 0 radical (unpaired) electrons. The van der Waals surface area contributed by atoms with E-state index < -0.39 is 12.1 Å². The number of benzene rings is 1. The van der Waals surface area contributed by atoms with Crippen molar-refractivity contribution in [3.8, 4) is 17.2 Å². The standard InChI is InChI=1S/C11H7ClF3NO2/c1-6-5-16-10(17-6)7-2-3-9(8(12)4-7)18-11(13,14)15/h2-5H,1H3. The molecule has 7 heteroatoms. The molecule has 2 aromatic rings. The highest BCUT2D eigenvalue weighted by molar-refractivity contribution is 6.32. The summed E-state index contributed by atoms with van der Waals surface area (Å²) in [5.41, 5.74) is 0.475. The van der Waals surface area contributed by atoms with E-state index in [2.05, 4.69) is 9.72 Å². The molecule has 0 spiro atoms. The first-order valence-electron chi connectivity index (χ1n) is 4.83. The molecule has 2 rings (SSSR count). The van der Waals surface area contributed by atoms with E-state index in [1.807, 2.05) is 0 Å². The number of rotatable bonds is 2. The predicted octanol–water partition coefficient (Wildman–Crippen LogP) is 4.20. The number of aryl methyl sites for hydroxylation is 1. The van der Waals surface area contributed by atoms with Crippen LogP contribution in [0.25, 0.3) is 11.5 Å². The molecule has 3 nitrogen and oxygen atoms in total. The first kappa shape index (κ1) is 12.8. The Bertz CT molecular complexity index is 566. The van der Waals surface area contributed by atoms with Crippen molar-refractivity contribution in [3.05, 3.63) is 35.2 Å². The van der Waals surface area contributed by atoms with Gasteiger partial charge in [0.1, 0.15) is 11.5 Å². The fourth-order valence-electron chi connectivity index (χ4n) is 1.33. The Balaban J connectivity index is 2.30. The number of hydrogen-bond acceptors (Lipinski definition) is 3. The Morgan fingerprint density at radius 3 is 2.56 bits per heavy atom. The van der Waals surface area contributed by atoms with E-state index in [0.717, 1.165) is 6.07 Å². The predicted molar refractivity (Wildman–Crippen MR) is 58.4 cm³/mol. The highest BCUT2D eigenvalue weighted by Crippen LogP contribution is 2.33. The maximum absolute atomic E-state index is 12.0. The molecule has 18 heavy (non-hydrogen) atoms. The fraction of sp³-hybridized carbons (Fsp3) is 0.182. The summed E-state index contributed by atoms with van der Waals surface area (Å²) in [6.07, 6.45) is -3.27. The molecule has 1 aromatic heterocycles. The van der Waals surface area contributed by atoms with Crippen LogP contribution in [0.2, 0.25) is 5.02 Å². The molecule has 0 bridgehead atoms. The van der Waals surface area contributed by atoms with Crippen molar-refractivity contribution in [2.75, 3.05) is 0 Å². The lowest BCUT2D eigenvalue weighted by Gasteiger charge is -2.10. The van der Waals surface area contributed by atoms with Gasteiger partial charge in [-0.05, 0) is 25.1 Å². The zero-order chi connectivity index (χ0) is 13.3. The molecule has 0 saturated carbocycles. The van der Waals surface area contributed by atoms with Crippen molar-refractivity contribution in [3.63, 3.8) is 0 Å². The molecule has 0 atom stereocenters. The molecular formula is C11H7ClF3NO2. The van der Waals surface area contributed by atoms with Crippen LogP contribution in [0.15, 0.2) is 28.8 Å². The lowest BCUT2D eigenvalue weighted by molar-refractivity contribution is -0.274. The van der Waals surface area contributed by atoms with Gasteiger partial charge in [-0.3, -0.25) is 0 Å². The monoisotopic (exact) mass is 277 g/mol. The van der Waals surface area contributed by atoms with E-state index in [0.29, 0.717) is 11.3 Å². The molecule has 0 saturated heterocycles. The number of aromatic nitrogens is 1. The van der Waals surface area contributed by atoms with Crippen LogP contribution in [0.4, 0.5) is 13.2 Å². The third-order valence-corrected chi connectivity index (χ3v) is 2.32. The van der Waals surface area contributed by atoms with Crippen molar-refractivity contribution >= 4 is 11.6 Å². The van der Waals surface area contributed by atoms with Crippen molar-refractivity contribution in [1.29, 1.82) is 0 Å². The first-order valence-corrected chi connectivity index (χ1v) is 5.21. The van der Waals surface area contributed by atoms with Gasteiger partial charge in [0.05, 0.1) is 11.2 Å². The molecule has 0 aliphatic carbocycles. The quantitative estimate of drug-likeness (QED) is 0.825. The molecule has 0 N–H and O–H groups in total. The fourth-order valence-corrected chi connectivity index (χ4v) is 1.55. The molecule has 1 aromatic carbocycles. The van der Waals surface area contributed by atoms with Gasteiger partial charge in [0.2, 0.25) is 5.89 Å². The summed E-state index contributed by atoms with van der Waals surface area (Å²) in [6.45, 7) is 1.71. The highest BCUT2D eigenvalue weighted by Gasteiger charge is 2.32. The van der Waals surface area contributed by atoms with E-state index in [9.17, 15) is 13.2 Å². The molecule has 0 aliphatic heterocycles. The average Bonchev–Trinajstić information content (AvgIpc) is 2.66. The molecular weight excluding hydrogens is 271 g/mol. The van der Waals surface area contributed by atoms with Crippen molar-refractivity contribution in [2.45, 2.75) is 13.3 Å². The van der Waals surface area contributed by atoms with Crippen LogP contribution < -0.4 is 4.74 Å². The minimum atomic E-state index is -4.77. The molecule has 1 heterocycles. The second kappa shape index (κ2) is 4.53. The lowest BCUT2D eigenvalue weighted by atomic mass is 10.2. The number of alkyl halides is 3. The minimum Gasteiger partial charge on any atom is -0.441 e. The van der Waals surface area contributed by atoms with E-state index in [1.165, 1.54) is 18.3 Å². The normalized spacial score (nSPS) is 11.6. The van der Waals surface area contributed by atoms with Crippen molar-refractivity contribution in [2.24, 2.45) is 0 Å². The van der Waals surface area contributed by atoms with E-state index in [4.69, 9.17) is 16.0 Å². The van der Waals surface area contributed by atoms with Crippen LogP contribution in [0.1, 0.15) is 5.76 Å². The summed E-state index contributed by atoms with van der Waals surface area (Å²) in [4.78, 5) is 3.94. The number of nitrogens with zero attached hydrogens (tertiary/aromatic N) is 1. The van der Waals surface area contributed by atoms with Crippen LogP contribution in [0.5, 0.6) is 5.75 Å². The third kappa shape index (κ3) is 2.95. The lowest BCUT2D eigenvalue weighted by Crippen LogP contribution is -2.17. The van der Waals surface area contributed by atoms with Gasteiger partial charge in [0.15, 0.2) is 0 Å².